The summed E-state index contributed by atoms with van der Waals surface area (Å²) in [5.41, 5.74) is 8.83. The van der Waals surface area contributed by atoms with Gasteiger partial charge in [-0.15, -0.1) is 34.9 Å². The van der Waals surface area contributed by atoms with E-state index in [0.717, 1.165) is 28.0 Å². The molecule has 1 aromatic heterocycles. The Kier molecular flexibility index (Phi) is 7.79. The number of nitrogens with two attached hydrogens (primary N) is 2. The van der Waals surface area contributed by atoms with Crippen molar-refractivity contribution in [3.63, 3.8) is 0 Å². The number of β-lactam (4-membered cyclic amide) rings is 1. The molecule has 0 bridgehead atoms. The van der Waals surface area contributed by atoms with Gasteiger partial charge in [-0.1, -0.05) is 5.16 Å². The number of aromatic nitrogens is 1. The molecule has 1 fully saturated rings. The van der Waals surface area contributed by atoms with Crippen LogP contribution in [0.3, 0.4) is 0 Å². The molecule has 0 radical (unpaired) electrons. The average molecular weight is 533 g/mol. The van der Waals surface area contributed by atoms with Gasteiger partial charge >= 0.3 is 29.6 Å². The number of thioether (sulfide) groups is 2. The second-order valence-electron chi connectivity index (χ2n) is 6.81. The van der Waals surface area contributed by atoms with Gasteiger partial charge in [-0.25, -0.2) is 4.98 Å². The summed E-state index contributed by atoms with van der Waals surface area (Å²) < 4.78 is 0. The smallest absolute Gasteiger partial charge is 0.543 e. The minimum Gasteiger partial charge on any atom is -0.543 e. The molecule has 0 unspecified atom stereocenters. The quantitative estimate of drug-likeness (QED) is 0.0498. The van der Waals surface area contributed by atoms with Crippen molar-refractivity contribution in [1.82, 2.24) is 15.2 Å². The minimum atomic E-state index is -1.59. The predicted octanol–water partition coefficient (Wildman–Crippen LogP) is -5.72. The maximum atomic E-state index is 12.7. The van der Waals surface area contributed by atoms with Gasteiger partial charge in [0.1, 0.15) is 22.8 Å². The SMILES string of the molecule is Nc1nc(/C(=N/O)C(=O)N[C@@H]2C(=O)N3C(C(=O)[O-])=C(CSc4c(N)c(=O)c4=O)CS[C@H]23)cs1.[Na+]. The van der Waals surface area contributed by atoms with Gasteiger partial charge in [-0.3, -0.25) is 24.1 Å². The van der Waals surface area contributed by atoms with Crippen molar-refractivity contribution < 1.29 is 54.3 Å². The summed E-state index contributed by atoms with van der Waals surface area (Å²) in [7, 11) is 0. The van der Waals surface area contributed by atoms with E-state index in [2.05, 4.69) is 15.5 Å². The van der Waals surface area contributed by atoms with Gasteiger partial charge in [0.2, 0.25) is 5.43 Å². The molecule has 34 heavy (non-hydrogen) atoms. The summed E-state index contributed by atoms with van der Waals surface area (Å²) in [5, 5.41) is 27.1. The molecule has 3 heterocycles. The molecule has 2 aliphatic heterocycles. The van der Waals surface area contributed by atoms with Gasteiger partial charge in [0.05, 0.1) is 16.6 Å². The van der Waals surface area contributed by atoms with Crippen LogP contribution in [0.2, 0.25) is 0 Å². The molecule has 172 valence electrons. The van der Waals surface area contributed by atoms with Crippen LogP contribution in [-0.2, 0) is 14.4 Å². The van der Waals surface area contributed by atoms with E-state index in [0.29, 0.717) is 5.57 Å². The van der Waals surface area contributed by atoms with Crippen LogP contribution in [0.4, 0.5) is 10.8 Å². The van der Waals surface area contributed by atoms with E-state index >= 15 is 0 Å². The van der Waals surface area contributed by atoms with Gasteiger partial charge < -0.3 is 31.9 Å². The molecule has 1 aromatic carbocycles. The number of oxime groups is 1. The number of fused-ring (bicyclic) bond motifs is 1. The molecule has 0 spiro atoms. The molecule has 0 aliphatic carbocycles. The number of hydrogen-bond acceptors (Lipinski definition) is 14. The van der Waals surface area contributed by atoms with Gasteiger partial charge in [0.15, 0.2) is 10.8 Å². The van der Waals surface area contributed by atoms with E-state index in [9.17, 15) is 34.3 Å². The Bertz CT molecular complexity index is 1330. The molecule has 2 aliphatic rings. The standard InChI is InChI=1S/C17H14N6O7S3.Na/c18-6-10(24)11(25)12(6)31-1-4-2-32-15-8(14(27)23(15)9(4)16(28)29)21-13(26)7(22-30)5-3-33-17(19)20-5;/h3,8,15,30H,1-2,18H2,(H2,19,20)(H,21,26)(H,28,29);/q;+1/p-1/b22-7-;/t8-,15-;/m1./s1. The number of nitrogens with one attached hydrogen (secondary N) is 1. The van der Waals surface area contributed by atoms with Crippen molar-refractivity contribution in [1.29, 1.82) is 0 Å². The van der Waals surface area contributed by atoms with Crippen molar-refractivity contribution in [2.45, 2.75) is 16.3 Å². The number of nitrogen functional groups attached to an aromatic ring is 2. The Balaban J connectivity index is 0.00000324. The van der Waals surface area contributed by atoms with Crippen LogP contribution in [-0.4, -0.2) is 61.5 Å². The van der Waals surface area contributed by atoms with Crippen molar-refractivity contribution >= 4 is 69.2 Å². The fourth-order valence-electron chi connectivity index (χ4n) is 3.29. The van der Waals surface area contributed by atoms with Crippen LogP contribution in [0.15, 0.2) is 36.3 Å². The third-order valence-electron chi connectivity index (χ3n) is 4.90. The largest absolute Gasteiger partial charge is 1.00 e. The number of nitrogens with zero attached hydrogens (tertiary/aromatic N) is 3. The van der Waals surface area contributed by atoms with Crippen LogP contribution in [0.25, 0.3) is 0 Å². The first-order valence-corrected chi connectivity index (χ1v) is 11.9. The number of aliphatic carboxylic acids is 1. The first kappa shape index (κ1) is 26.2. The summed E-state index contributed by atoms with van der Waals surface area (Å²) in [6, 6.07) is -1.08. The molecule has 2 atom stereocenters. The average Bonchev–Trinajstić information content (AvgIpc) is 3.22. The third-order valence-corrected chi connectivity index (χ3v) is 8.10. The van der Waals surface area contributed by atoms with Crippen LogP contribution < -0.4 is 62.3 Å². The molecule has 13 nitrogen and oxygen atoms in total. The molecular weight excluding hydrogens is 519 g/mol. The van der Waals surface area contributed by atoms with E-state index in [1.165, 1.54) is 17.1 Å². The first-order valence-electron chi connectivity index (χ1n) is 8.99. The molecule has 6 N–H and O–H groups in total. The number of anilines is 2. The van der Waals surface area contributed by atoms with Gasteiger partial charge in [-0.05, 0) is 5.57 Å². The summed E-state index contributed by atoms with van der Waals surface area (Å²) in [5.74, 6) is -3.02. The number of thiazole rings is 1. The Morgan fingerprint density at radius 1 is 1.32 bits per heavy atom. The van der Waals surface area contributed by atoms with E-state index < -0.39 is 45.8 Å². The molecule has 2 aromatic rings. The molecule has 17 heteroatoms. The van der Waals surface area contributed by atoms with Crippen molar-refractivity contribution in [3.8, 4) is 0 Å². The zero-order chi connectivity index (χ0) is 24.0. The maximum Gasteiger partial charge on any atom is 1.00 e. The van der Waals surface area contributed by atoms with Crippen molar-refractivity contribution in [2.75, 3.05) is 23.0 Å². The Hall–Kier alpha value is -2.37. The minimum absolute atomic E-state index is 0. The van der Waals surface area contributed by atoms with Crippen LogP contribution in [0, 0.1) is 0 Å². The van der Waals surface area contributed by atoms with E-state index in [1.54, 1.807) is 0 Å². The molecular formula is C17H13N6NaO7S3. The molecule has 2 amide bonds. The number of carbonyl (C=O) groups is 3. The van der Waals surface area contributed by atoms with Crippen molar-refractivity contribution in [2.24, 2.45) is 5.16 Å². The van der Waals surface area contributed by atoms with E-state index in [4.69, 9.17) is 11.5 Å². The van der Waals surface area contributed by atoms with Gasteiger partial charge in [0.25, 0.3) is 17.2 Å². The third kappa shape index (κ3) is 4.36. The van der Waals surface area contributed by atoms with Crippen LogP contribution in [0.5, 0.6) is 0 Å². The number of amides is 2. The monoisotopic (exact) mass is 532 g/mol. The van der Waals surface area contributed by atoms with Crippen LogP contribution in [0.1, 0.15) is 5.69 Å². The fraction of sp³-hybridized carbons (Fsp3) is 0.235. The number of carboxylic acid groups (broad SMARTS) is 1. The number of hydrogen-bond donors (Lipinski definition) is 4. The molecule has 4 rings (SSSR count). The first-order chi connectivity index (χ1) is 15.6. The summed E-state index contributed by atoms with van der Waals surface area (Å²) in [6.45, 7) is 0. The maximum absolute atomic E-state index is 12.7. The Labute approximate surface area is 224 Å². The normalized spacial score (nSPS) is 19.9. The number of carboxylic acids is 1. The molecule has 0 saturated carbocycles. The topological polar surface area (TPSA) is 221 Å². The zero-order valence-corrected chi connectivity index (χ0v) is 21.7. The Morgan fingerprint density at radius 3 is 2.59 bits per heavy atom. The summed E-state index contributed by atoms with van der Waals surface area (Å²) in [6.07, 6.45) is 0. The number of carbonyl (C=O) groups excluding carboxylic acids is 3. The molecule has 1 saturated heterocycles. The van der Waals surface area contributed by atoms with Gasteiger partial charge in [0, 0.05) is 16.9 Å². The Morgan fingerprint density at radius 2 is 2.03 bits per heavy atom. The van der Waals surface area contributed by atoms with Crippen LogP contribution >= 0.6 is 34.9 Å². The van der Waals surface area contributed by atoms with E-state index in [-0.39, 0.29) is 68.2 Å². The fourth-order valence-corrected chi connectivity index (χ4v) is 6.34. The second-order valence-corrected chi connectivity index (χ2v) is 9.79. The van der Waals surface area contributed by atoms with E-state index in [1.807, 2.05) is 0 Å². The summed E-state index contributed by atoms with van der Waals surface area (Å²) >= 11 is 3.12. The summed E-state index contributed by atoms with van der Waals surface area (Å²) in [4.78, 5) is 64.7. The number of rotatable bonds is 7. The predicted molar refractivity (Wildman–Crippen MR) is 118 cm³/mol. The second kappa shape index (κ2) is 10.1. The van der Waals surface area contributed by atoms with Gasteiger partial charge in [-0.2, -0.15) is 0 Å². The van der Waals surface area contributed by atoms with Crippen molar-refractivity contribution in [3.05, 3.63) is 42.8 Å². The zero-order valence-electron chi connectivity index (χ0n) is 17.3.